The Bertz CT molecular complexity index is 609. The van der Waals surface area contributed by atoms with Crippen LogP contribution in [0.15, 0.2) is 48.0 Å². The number of methoxy groups -OCH3 is 1. The zero-order chi connectivity index (χ0) is 16.5. The number of aromatic nitrogens is 2. The third kappa shape index (κ3) is 5.02. The molecule has 2 aromatic rings. The van der Waals surface area contributed by atoms with E-state index in [4.69, 9.17) is 4.74 Å². The van der Waals surface area contributed by atoms with Gasteiger partial charge in [-0.15, -0.1) is 0 Å². The number of nitrogens with one attached hydrogen (secondary N) is 1. The summed E-state index contributed by atoms with van der Waals surface area (Å²) in [6.45, 7) is 5.16. The van der Waals surface area contributed by atoms with E-state index in [9.17, 15) is 0 Å². The summed E-state index contributed by atoms with van der Waals surface area (Å²) in [5, 5.41) is 3.33. The quantitative estimate of drug-likeness (QED) is 0.627. The van der Waals surface area contributed by atoms with Crippen LogP contribution < -0.4 is 10.1 Å². The maximum absolute atomic E-state index is 5.42. The van der Waals surface area contributed by atoms with Crippen molar-refractivity contribution in [1.29, 1.82) is 0 Å². The molecule has 23 heavy (non-hydrogen) atoms. The Morgan fingerprint density at radius 1 is 1.39 bits per heavy atom. The molecule has 6 nitrogen and oxygen atoms in total. The minimum absolute atomic E-state index is 0.703. The number of rotatable bonds is 7. The molecule has 0 atom stereocenters. The van der Waals surface area contributed by atoms with E-state index in [1.807, 2.05) is 36.0 Å². The molecular weight excluding hydrogens is 290 g/mol. The van der Waals surface area contributed by atoms with E-state index in [0.717, 1.165) is 36.9 Å². The first kappa shape index (κ1) is 16.9. The van der Waals surface area contributed by atoms with Crippen molar-refractivity contribution in [3.8, 4) is 5.75 Å². The van der Waals surface area contributed by atoms with E-state index < -0.39 is 0 Å². The van der Waals surface area contributed by atoms with Gasteiger partial charge in [-0.05, 0) is 13.0 Å². The number of hydrogen-bond acceptors (Lipinski definition) is 3. The minimum Gasteiger partial charge on any atom is -0.496 e. The fourth-order valence-electron chi connectivity index (χ4n) is 2.32. The second-order valence-corrected chi connectivity index (χ2v) is 5.20. The molecule has 0 aliphatic carbocycles. The third-order valence-corrected chi connectivity index (χ3v) is 3.48. The smallest absolute Gasteiger partial charge is 0.194 e. The Morgan fingerprint density at radius 2 is 2.22 bits per heavy atom. The Kier molecular flexibility index (Phi) is 6.47. The Labute approximate surface area is 137 Å². The molecule has 0 spiro atoms. The van der Waals surface area contributed by atoms with Crippen LogP contribution >= 0.6 is 0 Å². The monoisotopic (exact) mass is 315 g/mol. The average Bonchev–Trinajstić information content (AvgIpc) is 3.08. The van der Waals surface area contributed by atoms with Gasteiger partial charge in [-0.1, -0.05) is 18.2 Å². The van der Waals surface area contributed by atoms with Crippen molar-refractivity contribution in [2.24, 2.45) is 4.99 Å². The second kappa shape index (κ2) is 8.82. The normalized spacial score (nSPS) is 11.3. The predicted octanol–water partition coefficient (Wildman–Crippen LogP) is 1.99. The fraction of sp³-hybridized carbons (Fsp3) is 0.412. The van der Waals surface area contributed by atoms with Crippen molar-refractivity contribution in [3.05, 3.63) is 48.5 Å². The molecule has 1 aromatic heterocycles. The molecular formula is C17H25N5O. The first-order valence-electron chi connectivity index (χ1n) is 7.81. The minimum atomic E-state index is 0.703. The number of aliphatic imine (C=N–C) groups is 1. The Morgan fingerprint density at radius 3 is 2.91 bits per heavy atom. The summed E-state index contributed by atoms with van der Waals surface area (Å²) >= 11 is 0. The number of hydrogen-bond donors (Lipinski definition) is 1. The molecule has 0 amide bonds. The van der Waals surface area contributed by atoms with Crippen LogP contribution in [-0.2, 0) is 13.1 Å². The van der Waals surface area contributed by atoms with Gasteiger partial charge >= 0.3 is 0 Å². The van der Waals surface area contributed by atoms with Gasteiger partial charge in [0.2, 0.25) is 0 Å². The molecule has 6 heteroatoms. The summed E-state index contributed by atoms with van der Waals surface area (Å²) in [5.74, 6) is 1.78. The van der Waals surface area contributed by atoms with E-state index in [0.29, 0.717) is 6.54 Å². The molecule has 0 radical (unpaired) electrons. The number of para-hydroxylation sites is 1. The van der Waals surface area contributed by atoms with Gasteiger partial charge in [-0.25, -0.2) is 4.98 Å². The van der Waals surface area contributed by atoms with Crippen LogP contribution in [-0.4, -0.2) is 47.7 Å². The van der Waals surface area contributed by atoms with Gasteiger partial charge in [0, 0.05) is 44.6 Å². The van der Waals surface area contributed by atoms with Gasteiger partial charge in [0.1, 0.15) is 5.75 Å². The molecule has 0 saturated carbocycles. The summed E-state index contributed by atoms with van der Waals surface area (Å²) < 4.78 is 7.44. The van der Waals surface area contributed by atoms with Gasteiger partial charge in [0.15, 0.2) is 5.96 Å². The van der Waals surface area contributed by atoms with Crippen LogP contribution in [0.25, 0.3) is 0 Å². The molecule has 1 N–H and O–H groups in total. The number of imidazole rings is 1. The van der Waals surface area contributed by atoms with Crippen molar-refractivity contribution < 1.29 is 4.74 Å². The van der Waals surface area contributed by atoms with Gasteiger partial charge in [0.05, 0.1) is 20.0 Å². The summed E-state index contributed by atoms with van der Waals surface area (Å²) in [6.07, 6.45) is 5.53. The highest BCUT2D eigenvalue weighted by molar-refractivity contribution is 5.79. The summed E-state index contributed by atoms with van der Waals surface area (Å²) in [4.78, 5) is 10.8. The highest BCUT2D eigenvalue weighted by Gasteiger charge is 2.09. The molecule has 0 aliphatic heterocycles. The van der Waals surface area contributed by atoms with E-state index in [2.05, 4.69) is 33.2 Å². The van der Waals surface area contributed by atoms with E-state index in [1.165, 1.54) is 0 Å². The largest absolute Gasteiger partial charge is 0.496 e. The van der Waals surface area contributed by atoms with Crippen LogP contribution in [0.4, 0.5) is 0 Å². The average molecular weight is 315 g/mol. The lowest BCUT2D eigenvalue weighted by Gasteiger charge is -2.23. The molecule has 0 bridgehead atoms. The first-order chi connectivity index (χ1) is 11.2. The maximum Gasteiger partial charge on any atom is 0.194 e. The third-order valence-electron chi connectivity index (χ3n) is 3.48. The lowest BCUT2D eigenvalue weighted by atomic mass is 10.2. The number of nitrogens with zero attached hydrogens (tertiary/aromatic N) is 4. The van der Waals surface area contributed by atoms with Gasteiger partial charge in [-0.2, -0.15) is 0 Å². The summed E-state index contributed by atoms with van der Waals surface area (Å²) in [6, 6.07) is 8.05. The fourth-order valence-corrected chi connectivity index (χ4v) is 2.32. The van der Waals surface area contributed by atoms with Crippen LogP contribution in [0.5, 0.6) is 5.75 Å². The zero-order valence-electron chi connectivity index (χ0n) is 14.1. The molecule has 1 heterocycles. The van der Waals surface area contributed by atoms with Crippen molar-refractivity contribution in [2.75, 3.05) is 27.2 Å². The molecule has 0 saturated heterocycles. The van der Waals surface area contributed by atoms with Crippen LogP contribution in [0, 0.1) is 0 Å². The standard InChI is InChI=1S/C17H25N5O/c1-4-19-17(20-10-12-22-11-9-18-14-22)21(2)13-15-7-5-6-8-16(15)23-3/h5-9,11,14H,4,10,12-13H2,1-3H3,(H,19,20). The van der Waals surface area contributed by atoms with E-state index >= 15 is 0 Å². The van der Waals surface area contributed by atoms with Gasteiger partial charge in [-0.3, -0.25) is 4.99 Å². The number of benzene rings is 1. The highest BCUT2D eigenvalue weighted by atomic mass is 16.5. The molecule has 0 aliphatic rings. The highest BCUT2D eigenvalue weighted by Crippen LogP contribution is 2.18. The van der Waals surface area contributed by atoms with Crippen molar-refractivity contribution in [3.63, 3.8) is 0 Å². The van der Waals surface area contributed by atoms with Crippen molar-refractivity contribution in [2.45, 2.75) is 20.0 Å². The lowest BCUT2D eigenvalue weighted by molar-refractivity contribution is 0.396. The molecule has 124 valence electrons. The molecule has 2 rings (SSSR count). The summed E-state index contributed by atoms with van der Waals surface area (Å²) in [5.41, 5.74) is 1.14. The second-order valence-electron chi connectivity index (χ2n) is 5.20. The maximum atomic E-state index is 5.42. The predicted molar refractivity (Wildman–Crippen MR) is 92.7 cm³/mol. The van der Waals surface area contributed by atoms with Crippen LogP contribution in [0.1, 0.15) is 12.5 Å². The molecule has 0 fully saturated rings. The van der Waals surface area contributed by atoms with Crippen LogP contribution in [0.2, 0.25) is 0 Å². The van der Waals surface area contributed by atoms with Gasteiger partial charge in [0.25, 0.3) is 0 Å². The van der Waals surface area contributed by atoms with E-state index in [1.54, 1.807) is 19.6 Å². The van der Waals surface area contributed by atoms with Crippen LogP contribution in [0.3, 0.4) is 0 Å². The molecule has 1 aromatic carbocycles. The lowest BCUT2D eigenvalue weighted by Crippen LogP contribution is -2.38. The van der Waals surface area contributed by atoms with E-state index in [-0.39, 0.29) is 0 Å². The van der Waals surface area contributed by atoms with Crippen molar-refractivity contribution in [1.82, 2.24) is 19.8 Å². The number of ether oxygens (including phenoxy) is 1. The topological polar surface area (TPSA) is 54.7 Å². The summed E-state index contributed by atoms with van der Waals surface area (Å²) in [7, 11) is 3.73. The van der Waals surface area contributed by atoms with Crippen molar-refractivity contribution >= 4 is 5.96 Å². The SMILES string of the molecule is CCNC(=NCCn1ccnc1)N(C)Cc1ccccc1OC. The Balaban J connectivity index is 2.00. The molecule has 0 unspecified atom stereocenters. The Hall–Kier alpha value is -2.50. The number of guanidine groups is 1. The zero-order valence-corrected chi connectivity index (χ0v) is 14.1. The van der Waals surface area contributed by atoms with Gasteiger partial charge < -0.3 is 19.5 Å². The first-order valence-corrected chi connectivity index (χ1v) is 7.81.